The summed E-state index contributed by atoms with van der Waals surface area (Å²) < 4.78 is 0. The van der Waals surface area contributed by atoms with Crippen LogP contribution in [0, 0.1) is 11.8 Å². The normalized spacial score (nSPS) is 20.7. The predicted octanol–water partition coefficient (Wildman–Crippen LogP) is 3.16. The van der Waals surface area contributed by atoms with E-state index in [9.17, 15) is 0 Å². The summed E-state index contributed by atoms with van der Waals surface area (Å²) in [6.07, 6.45) is 3.88. The van der Waals surface area contributed by atoms with Crippen molar-refractivity contribution in [1.82, 2.24) is 15.2 Å². The second-order valence-corrected chi connectivity index (χ2v) is 7.50. The maximum atomic E-state index is 4.74. The van der Waals surface area contributed by atoms with Gasteiger partial charge in [0.1, 0.15) is 0 Å². The molecule has 1 aliphatic rings. The summed E-state index contributed by atoms with van der Waals surface area (Å²) in [6, 6.07) is 0. The fourth-order valence-corrected chi connectivity index (χ4v) is 3.56. The van der Waals surface area contributed by atoms with E-state index in [1.807, 2.05) is 11.3 Å². The molecular formula is C16H29N3S. The van der Waals surface area contributed by atoms with Crippen LogP contribution in [0.15, 0.2) is 5.38 Å². The van der Waals surface area contributed by atoms with Gasteiger partial charge in [-0.25, -0.2) is 4.98 Å². The fraction of sp³-hybridized carbons (Fsp3) is 0.812. The third-order valence-electron chi connectivity index (χ3n) is 3.84. The first-order valence-corrected chi connectivity index (χ1v) is 8.88. The molecule has 1 aromatic rings. The molecule has 20 heavy (non-hydrogen) atoms. The van der Waals surface area contributed by atoms with Crippen LogP contribution in [0.3, 0.4) is 0 Å². The van der Waals surface area contributed by atoms with Gasteiger partial charge in [-0.15, -0.1) is 11.3 Å². The summed E-state index contributed by atoms with van der Waals surface area (Å²) in [5, 5.41) is 6.97. The second kappa shape index (κ2) is 8.11. The molecule has 2 heterocycles. The lowest BCUT2D eigenvalue weighted by Gasteiger charge is -2.30. The van der Waals surface area contributed by atoms with Gasteiger partial charge >= 0.3 is 0 Å². The molecule has 114 valence electrons. The lowest BCUT2D eigenvalue weighted by molar-refractivity contribution is 0.186. The molecule has 1 aliphatic heterocycles. The average molecular weight is 295 g/mol. The molecule has 1 aromatic heterocycles. The van der Waals surface area contributed by atoms with Crippen LogP contribution in [0.25, 0.3) is 0 Å². The van der Waals surface area contributed by atoms with Gasteiger partial charge in [0.05, 0.1) is 10.7 Å². The van der Waals surface area contributed by atoms with Crippen molar-refractivity contribution >= 4 is 11.3 Å². The molecule has 0 amide bonds. The van der Waals surface area contributed by atoms with E-state index in [4.69, 9.17) is 4.98 Å². The van der Waals surface area contributed by atoms with Crippen LogP contribution in [0.4, 0.5) is 0 Å². The van der Waals surface area contributed by atoms with Gasteiger partial charge in [0.15, 0.2) is 0 Å². The Balaban J connectivity index is 1.69. The first-order valence-electron chi connectivity index (χ1n) is 8.00. The maximum absolute atomic E-state index is 4.74. The van der Waals surface area contributed by atoms with Crippen LogP contribution < -0.4 is 5.32 Å². The van der Waals surface area contributed by atoms with Crippen LogP contribution in [-0.2, 0) is 13.0 Å². The number of nitrogens with zero attached hydrogens (tertiary/aromatic N) is 2. The Morgan fingerprint density at radius 2 is 2.35 bits per heavy atom. The summed E-state index contributed by atoms with van der Waals surface area (Å²) in [5.74, 6) is 1.57. The van der Waals surface area contributed by atoms with Crippen molar-refractivity contribution in [3.05, 3.63) is 16.1 Å². The molecule has 0 spiro atoms. The van der Waals surface area contributed by atoms with E-state index in [0.29, 0.717) is 5.92 Å². The monoisotopic (exact) mass is 295 g/mol. The van der Waals surface area contributed by atoms with Gasteiger partial charge in [0, 0.05) is 31.4 Å². The second-order valence-electron chi connectivity index (χ2n) is 6.56. The Morgan fingerprint density at radius 3 is 3.10 bits per heavy atom. The van der Waals surface area contributed by atoms with Crippen LogP contribution in [0.2, 0.25) is 0 Å². The molecule has 0 bridgehead atoms. The fourth-order valence-electron chi connectivity index (χ4n) is 2.78. The highest BCUT2D eigenvalue weighted by molar-refractivity contribution is 7.09. The molecule has 0 aliphatic carbocycles. The zero-order chi connectivity index (χ0) is 14.4. The zero-order valence-electron chi connectivity index (χ0n) is 13.2. The van der Waals surface area contributed by atoms with E-state index in [1.54, 1.807) is 0 Å². The summed E-state index contributed by atoms with van der Waals surface area (Å²) in [5.41, 5.74) is 1.21. The van der Waals surface area contributed by atoms with Crippen molar-refractivity contribution in [3.63, 3.8) is 0 Å². The zero-order valence-corrected chi connectivity index (χ0v) is 14.0. The number of hydrogen-bond donors (Lipinski definition) is 1. The predicted molar refractivity (Wildman–Crippen MR) is 87.2 cm³/mol. The number of aromatic nitrogens is 1. The maximum Gasteiger partial charge on any atom is 0.0941 e. The Labute approximate surface area is 127 Å². The van der Waals surface area contributed by atoms with Crippen molar-refractivity contribution in [1.29, 1.82) is 0 Å². The third-order valence-corrected chi connectivity index (χ3v) is 4.80. The van der Waals surface area contributed by atoms with Crippen molar-refractivity contribution in [2.24, 2.45) is 11.8 Å². The lowest BCUT2D eigenvalue weighted by Crippen LogP contribution is -2.35. The minimum absolute atomic E-state index is 0.703. The van der Waals surface area contributed by atoms with Crippen molar-refractivity contribution < 1.29 is 0 Å². The molecule has 1 fully saturated rings. The number of thiazole rings is 1. The molecule has 1 unspecified atom stereocenters. The SMILES string of the molecule is CC(C)CNCc1csc(CCN2CCCC(C)C2)n1. The smallest absolute Gasteiger partial charge is 0.0941 e. The number of piperidine rings is 1. The van der Waals surface area contributed by atoms with E-state index in [-0.39, 0.29) is 0 Å². The highest BCUT2D eigenvalue weighted by Gasteiger charge is 2.16. The lowest BCUT2D eigenvalue weighted by atomic mass is 10.0. The Hall–Kier alpha value is -0.450. The molecule has 1 atom stereocenters. The molecule has 0 radical (unpaired) electrons. The van der Waals surface area contributed by atoms with E-state index >= 15 is 0 Å². The molecule has 1 N–H and O–H groups in total. The topological polar surface area (TPSA) is 28.2 Å². The van der Waals surface area contributed by atoms with Crippen LogP contribution in [-0.4, -0.2) is 36.1 Å². The number of nitrogens with one attached hydrogen (secondary N) is 1. The minimum atomic E-state index is 0.703. The van der Waals surface area contributed by atoms with Gasteiger partial charge in [-0.2, -0.15) is 0 Å². The highest BCUT2D eigenvalue weighted by atomic mass is 32.1. The first-order chi connectivity index (χ1) is 9.63. The van der Waals surface area contributed by atoms with E-state index < -0.39 is 0 Å². The van der Waals surface area contributed by atoms with Crippen LogP contribution in [0.5, 0.6) is 0 Å². The number of rotatable bonds is 7. The van der Waals surface area contributed by atoms with Crippen LogP contribution >= 0.6 is 11.3 Å². The molecule has 4 heteroatoms. The Kier molecular flexibility index (Phi) is 6.46. The number of hydrogen-bond acceptors (Lipinski definition) is 4. The molecule has 1 saturated heterocycles. The summed E-state index contributed by atoms with van der Waals surface area (Å²) in [4.78, 5) is 7.34. The molecule has 0 aromatic carbocycles. The quantitative estimate of drug-likeness (QED) is 0.837. The van der Waals surface area contributed by atoms with Gasteiger partial charge in [-0.05, 0) is 37.8 Å². The van der Waals surface area contributed by atoms with Gasteiger partial charge in [-0.1, -0.05) is 20.8 Å². The average Bonchev–Trinajstić information content (AvgIpc) is 2.84. The summed E-state index contributed by atoms with van der Waals surface area (Å²) >= 11 is 1.82. The van der Waals surface area contributed by atoms with Crippen LogP contribution in [0.1, 0.15) is 44.3 Å². The molecule has 2 rings (SSSR count). The van der Waals surface area contributed by atoms with Gasteiger partial charge in [0.25, 0.3) is 0 Å². The molecular weight excluding hydrogens is 266 g/mol. The third kappa shape index (κ3) is 5.51. The van der Waals surface area contributed by atoms with Gasteiger partial charge < -0.3 is 10.2 Å². The van der Waals surface area contributed by atoms with E-state index in [1.165, 1.54) is 43.2 Å². The minimum Gasteiger partial charge on any atom is -0.311 e. The first kappa shape index (κ1) is 15.9. The van der Waals surface area contributed by atoms with Gasteiger partial charge in [0.2, 0.25) is 0 Å². The Bertz CT molecular complexity index is 389. The molecule has 0 saturated carbocycles. The summed E-state index contributed by atoms with van der Waals surface area (Å²) in [6.45, 7) is 12.5. The standard InChI is InChI=1S/C16H29N3S/c1-13(2)9-17-10-15-12-20-16(18-15)6-8-19-7-4-5-14(3)11-19/h12-14,17H,4-11H2,1-3H3. The van der Waals surface area contributed by atoms with Crippen molar-refractivity contribution in [2.45, 2.75) is 46.6 Å². The van der Waals surface area contributed by atoms with E-state index in [0.717, 1.165) is 25.4 Å². The van der Waals surface area contributed by atoms with Gasteiger partial charge in [-0.3, -0.25) is 0 Å². The Morgan fingerprint density at radius 1 is 1.50 bits per heavy atom. The summed E-state index contributed by atoms with van der Waals surface area (Å²) in [7, 11) is 0. The number of likely N-dealkylation sites (tertiary alicyclic amines) is 1. The largest absolute Gasteiger partial charge is 0.311 e. The highest BCUT2D eigenvalue weighted by Crippen LogP contribution is 2.17. The van der Waals surface area contributed by atoms with Crippen molar-refractivity contribution in [3.8, 4) is 0 Å². The van der Waals surface area contributed by atoms with E-state index in [2.05, 4.69) is 36.4 Å². The van der Waals surface area contributed by atoms with Crippen molar-refractivity contribution in [2.75, 3.05) is 26.2 Å². The molecule has 3 nitrogen and oxygen atoms in total.